The second-order valence-electron chi connectivity index (χ2n) is 11.2. The molecule has 8 nitrogen and oxygen atoms in total. The summed E-state index contributed by atoms with van der Waals surface area (Å²) in [4.78, 5) is 30.0. The Kier molecular flexibility index (Phi) is 12.2. The first-order valence-electron chi connectivity index (χ1n) is 15.3. The quantitative estimate of drug-likeness (QED) is 0.160. The molecule has 1 atom stereocenters. The monoisotopic (exact) mass is 661 g/mol. The Hall–Kier alpha value is -4.34. The van der Waals surface area contributed by atoms with Crippen LogP contribution in [0, 0.1) is 5.92 Å². The predicted molar refractivity (Wildman–Crippen MR) is 182 cm³/mol. The molecule has 0 saturated carbocycles. The number of hydrogen-bond donors (Lipinski definition) is 1. The molecule has 0 saturated heterocycles. The van der Waals surface area contributed by atoms with E-state index in [0.717, 1.165) is 9.87 Å². The highest BCUT2D eigenvalue weighted by atomic mass is 35.5. The molecular weight excluding hydrogens is 622 g/mol. The van der Waals surface area contributed by atoms with E-state index in [1.54, 1.807) is 73.7 Å². The lowest BCUT2D eigenvalue weighted by atomic mass is 10.0. The number of sulfonamides is 1. The van der Waals surface area contributed by atoms with Gasteiger partial charge >= 0.3 is 0 Å². The van der Waals surface area contributed by atoms with Gasteiger partial charge in [0.25, 0.3) is 10.0 Å². The zero-order valence-corrected chi connectivity index (χ0v) is 27.9. The van der Waals surface area contributed by atoms with Crippen molar-refractivity contribution < 1.29 is 22.7 Å². The minimum absolute atomic E-state index is 0.0160. The van der Waals surface area contributed by atoms with Gasteiger partial charge in [-0.1, -0.05) is 104 Å². The summed E-state index contributed by atoms with van der Waals surface area (Å²) in [6.07, 6.45) is 0.210. The zero-order valence-electron chi connectivity index (χ0n) is 26.3. The van der Waals surface area contributed by atoms with Gasteiger partial charge in [0.2, 0.25) is 11.8 Å². The van der Waals surface area contributed by atoms with Crippen molar-refractivity contribution in [2.75, 3.05) is 24.0 Å². The molecule has 0 aliphatic rings. The Bertz CT molecular complexity index is 1700. The van der Waals surface area contributed by atoms with Gasteiger partial charge < -0.3 is 15.0 Å². The summed E-state index contributed by atoms with van der Waals surface area (Å²) in [6.45, 7) is 5.87. The van der Waals surface area contributed by atoms with Crippen molar-refractivity contribution in [3.63, 3.8) is 0 Å². The number of benzene rings is 4. The van der Waals surface area contributed by atoms with Crippen LogP contribution in [-0.4, -0.2) is 50.9 Å². The van der Waals surface area contributed by atoms with Crippen molar-refractivity contribution in [2.24, 2.45) is 5.92 Å². The third-order valence-electron chi connectivity index (χ3n) is 7.30. The van der Waals surface area contributed by atoms with Crippen LogP contribution in [0.1, 0.15) is 31.9 Å². The van der Waals surface area contributed by atoms with E-state index in [1.807, 2.05) is 44.2 Å². The highest BCUT2D eigenvalue weighted by Crippen LogP contribution is 2.33. The number of rotatable bonds is 15. The van der Waals surface area contributed by atoms with Crippen LogP contribution in [0.25, 0.3) is 0 Å². The summed E-state index contributed by atoms with van der Waals surface area (Å²) in [5.74, 6) is -0.433. The molecule has 1 N–H and O–H groups in total. The minimum Gasteiger partial charge on any atom is -0.492 e. The number of halogens is 1. The smallest absolute Gasteiger partial charge is 0.264 e. The molecule has 0 aliphatic carbocycles. The summed E-state index contributed by atoms with van der Waals surface area (Å²) in [7, 11) is -4.25. The van der Waals surface area contributed by atoms with Gasteiger partial charge in [-0.3, -0.25) is 13.9 Å². The van der Waals surface area contributed by atoms with Crippen LogP contribution in [-0.2, 0) is 32.6 Å². The van der Waals surface area contributed by atoms with Crippen LogP contribution in [0.15, 0.2) is 114 Å². The number of ether oxygens (including phenoxy) is 1. The van der Waals surface area contributed by atoms with E-state index in [-0.39, 0.29) is 42.0 Å². The molecule has 2 amide bonds. The number of para-hydroxylation sites is 2. The van der Waals surface area contributed by atoms with Crippen molar-refractivity contribution in [1.82, 2.24) is 10.2 Å². The molecule has 0 fully saturated rings. The number of nitrogens with one attached hydrogen (secondary N) is 1. The van der Waals surface area contributed by atoms with Gasteiger partial charge in [0.05, 0.1) is 17.2 Å². The number of nitrogens with zero attached hydrogens (tertiary/aromatic N) is 2. The summed E-state index contributed by atoms with van der Waals surface area (Å²) < 4.78 is 35.3. The highest BCUT2D eigenvalue weighted by molar-refractivity contribution is 7.92. The molecule has 0 radical (unpaired) electrons. The Labute approximate surface area is 277 Å². The fourth-order valence-electron chi connectivity index (χ4n) is 4.96. The Morgan fingerprint density at radius 2 is 1.46 bits per heavy atom. The SMILES string of the molecule is CCOc1ccccc1N(CC(=O)N(Cc1ccccc1Cl)C(Cc1ccccc1)C(=O)NCC(C)C)S(=O)(=O)c1ccccc1. The highest BCUT2D eigenvalue weighted by Gasteiger charge is 2.35. The third-order valence-corrected chi connectivity index (χ3v) is 9.44. The van der Waals surface area contributed by atoms with E-state index >= 15 is 0 Å². The van der Waals surface area contributed by atoms with E-state index in [0.29, 0.717) is 22.9 Å². The molecule has 0 aromatic heterocycles. The third kappa shape index (κ3) is 8.89. The normalized spacial score (nSPS) is 11.9. The summed E-state index contributed by atoms with van der Waals surface area (Å²) in [5, 5.41) is 3.42. The molecule has 0 bridgehead atoms. The largest absolute Gasteiger partial charge is 0.492 e. The predicted octanol–water partition coefficient (Wildman–Crippen LogP) is 6.35. The second kappa shape index (κ2) is 16.3. The Balaban J connectivity index is 1.83. The molecule has 0 aliphatic heterocycles. The van der Waals surface area contributed by atoms with Crippen molar-refractivity contribution >= 4 is 39.1 Å². The first-order valence-corrected chi connectivity index (χ1v) is 17.1. The van der Waals surface area contributed by atoms with Gasteiger partial charge in [-0.15, -0.1) is 0 Å². The van der Waals surface area contributed by atoms with Crippen molar-refractivity contribution in [2.45, 2.75) is 44.7 Å². The second-order valence-corrected chi connectivity index (χ2v) is 13.5. The molecule has 4 aromatic carbocycles. The van der Waals surface area contributed by atoms with Gasteiger partial charge in [0.1, 0.15) is 18.3 Å². The molecule has 0 spiro atoms. The van der Waals surface area contributed by atoms with Crippen molar-refractivity contribution in [3.05, 3.63) is 125 Å². The van der Waals surface area contributed by atoms with E-state index in [1.165, 1.54) is 17.0 Å². The van der Waals surface area contributed by atoms with E-state index in [4.69, 9.17) is 16.3 Å². The molecule has 242 valence electrons. The minimum atomic E-state index is -4.25. The number of hydrogen-bond acceptors (Lipinski definition) is 5. The van der Waals surface area contributed by atoms with Gasteiger partial charge in [-0.2, -0.15) is 0 Å². The van der Waals surface area contributed by atoms with Gasteiger partial charge in [-0.05, 0) is 54.3 Å². The maximum atomic E-state index is 14.6. The van der Waals surface area contributed by atoms with Crippen molar-refractivity contribution in [1.29, 1.82) is 0 Å². The molecule has 10 heteroatoms. The van der Waals surface area contributed by atoms with E-state index in [2.05, 4.69) is 5.32 Å². The number of anilines is 1. The van der Waals surface area contributed by atoms with Crippen LogP contribution in [0.3, 0.4) is 0 Å². The lowest BCUT2D eigenvalue weighted by Crippen LogP contribution is -2.53. The maximum absolute atomic E-state index is 14.6. The zero-order chi connectivity index (χ0) is 33.1. The molecule has 46 heavy (non-hydrogen) atoms. The van der Waals surface area contributed by atoms with Gasteiger partial charge in [0, 0.05) is 24.5 Å². The Morgan fingerprint density at radius 1 is 0.848 bits per heavy atom. The number of carbonyl (C=O) groups is 2. The fraction of sp³-hybridized carbons (Fsp3) is 0.278. The first-order chi connectivity index (χ1) is 22.1. The van der Waals surface area contributed by atoms with E-state index in [9.17, 15) is 18.0 Å². The standard InChI is InChI=1S/C36H40ClN3O5S/c1-4-45-34-22-14-13-21-32(34)40(46(43,44)30-18-9-6-10-19-30)26-35(41)39(25-29-17-11-12-20-31(29)37)33(36(42)38-24-27(2)3)23-28-15-7-5-8-16-28/h5-22,27,33H,4,23-26H2,1-3H3,(H,38,42). The lowest BCUT2D eigenvalue weighted by molar-refractivity contribution is -0.140. The maximum Gasteiger partial charge on any atom is 0.264 e. The van der Waals surface area contributed by atoms with Crippen LogP contribution in [0.4, 0.5) is 5.69 Å². The molecule has 4 aromatic rings. The topological polar surface area (TPSA) is 96.0 Å². The van der Waals surface area contributed by atoms with Crippen LogP contribution < -0.4 is 14.4 Å². The summed E-state index contributed by atoms with van der Waals surface area (Å²) >= 11 is 6.57. The van der Waals surface area contributed by atoms with Crippen molar-refractivity contribution in [3.8, 4) is 5.75 Å². The molecule has 0 heterocycles. The lowest BCUT2D eigenvalue weighted by Gasteiger charge is -2.34. The number of carbonyl (C=O) groups excluding carboxylic acids is 2. The van der Waals surface area contributed by atoms with Crippen LogP contribution in [0.5, 0.6) is 5.75 Å². The van der Waals surface area contributed by atoms with Gasteiger partial charge in [0.15, 0.2) is 0 Å². The van der Waals surface area contributed by atoms with Gasteiger partial charge in [-0.25, -0.2) is 8.42 Å². The van der Waals surface area contributed by atoms with Crippen LogP contribution in [0.2, 0.25) is 5.02 Å². The number of amides is 2. The summed E-state index contributed by atoms with van der Waals surface area (Å²) in [5.41, 5.74) is 1.68. The van der Waals surface area contributed by atoms with Crippen LogP contribution >= 0.6 is 11.6 Å². The average molecular weight is 662 g/mol. The molecular formula is C36H40ClN3O5S. The first kappa shape index (κ1) is 34.5. The molecule has 1 unspecified atom stereocenters. The summed E-state index contributed by atoms with van der Waals surface area (Å²) in [6, 6.07) is 30.2. The fourth-order valence-corrected chi connectivity index (χ4v) is 6.60. The van der Waals surface area contributed by atoms with E-state index < -0.39 is 28.5 Å². The molecule has 4 rings (SSSR count). The Morgan fingerprint density at radius 3 is 2.11 bits per heavy atom. The average Bonchev–Trinajstić information content (AvgIpc) is 3.06.